The van der Waals surface area contributed by atoms with Crippen LogP contribution in [0.1, 0.15) is 65.2 Å². The zero-order chi connectivity index (χ0) is 35.0. The lowest BCUT2D eigenvalue weighted by molar-refractivity contribution is 0.0972. The first kappa shape index (κ1) is 35.3. The van der Waals surface area contributed by atoms with Crippen LogP contribution in [0.5, 0.6) is 11.5 Å². The summed E-state index contributed by atoms with van der Waals surface area (Å²) in [5.74, 6) is 0.783. The highest BCUT2D eigenvalue weighted by atomic mass is 35.5. The van der Waals surface area contributed by atoms with Gasteiger partial charge in [-0.3, -0.25) is 0 Å². The molecule has 0 radical (unpaired) electrons. The molecule has 0 spiro atoms. The smallest absolute Gasteiger partial charge is 0.434 e. The van der Waals surface area contributed by atoms with Crippen LogP contribution < -0.4 is 9.47 Å². The molecule has 8 heteroatoms. The fourth-order valence-electron chi connectivity index (χ4n) is 6.57. The van der Waals surface area contributed by atoms with Crippen LogP contribution in [0, 0.1) is 0 Å². The number of carbonyl (C=O) groups is 2. The summed E-state index contributed by atoms with van der Waals surface area (Å²) in [5.41, 5.74) is 1.74. The lowest BCUT2D eigenvalue weighted by Crippen LogP contribution is -2.12. The molecule has 0 aliphatic heterocycles. The summed E-state index contributed by atoms with van der Waals surface area (Å²) in [4.78, 5) is 26.1. The molecule has 0 aromatic heterocycles. The second-order valence-electron chi connectivity index (χ2n) is 12.4. The second-order valence-corrected chi connectivity index (χ2v) is 13.3. The van der Waals surface area contributed by atoms with E-state index in [1.807, 2.05) is 72.8 Å². The third kappa shape index (κ3) is 7.62. The number of rotatable bonds is 13. The van der Waals surface area contributed by atoms with Crippen molar-refractivity contribution in [3.8, 4) is 22.6 Å². The predicted octanol–water partition coefficient (Wildman–Crippen LogP) is 13.5. The minimum Gasteiger partial charge on any atom is -0.434 e. The molecule has 0 bridgehead atoms. The monoisotopic (exact) mass is 710 g/mol. The predicted molar refractivity (Wildman–Crippen MR) is 204 cm³/mol. The maximum absolute atomic E-state index is 13.0. The van der Waals surface area contributed by atoms with Crippen molar-refractivity contribution in [2.24, 2.45) is 0 Å². The van der Waals surface area contributed by atoms with Crippen molar-refractivity contribution in [3.05, 3.63) is 95.0 Å². The number of hydrogen-bond donors (Lipinski definition) is 0. The minimum atomic E-state index is -0.753. The van der Waals surface area contributed by atoms with E-state index in [0.29, 0.717) is 32.3 Å². The quantitative estimate of drug-likeness (QED) is 0.0514. The third-order valence-corrected chi connectivity index (χ3v) is 9.40. The van der Waals surface area contributed by atoms with Gasteiger partial charge in [0, 0.05) is 31.6 Å². The number of ether oxygens (including phenoxy) is 4. The van der Waals surface area contributed by atoms with E-state index < -0.39 is 12.3 Å². The molecule has 0 aliphatic carbocycles. The largest absolute Gasteiger partial charge is 0.513 e. The summed E-state index contributed by atoms with van der Waals surface area (Å²) < 4.78 is 23.0. The molecule has 50 heavy (non-hydrogen) atoms. The highest BCUT2D eigenvalue weighted by molar-refractivity contribution is 6.34. The lowest BCUT2D eigenvalue weighted by Gasteiger charge is -2.21. The summed E-state index contributed by atoms with van der Waals surface area (Å²) in [7, 11) is 0. The first-order valence-electron chi connectivity index (χ1n) is 17.4. The van der Waals surface area contributed by atoms with E-state index >= 15 is 0 Å². The average Bonchev–Trinajstić information content (AvgIpc) is 3.12. The molecule has 0 aliphatic rings. The Morgan fingerprint density at radius 1 is 0.480 bits per heavy atom. The number of unbranched alkanes of at least 4 members (excludes halogenated alkanes) is 6. The van der Waals surface area contributed by atoms with Gasteiger partial charge >= 0.3 is 12.3 Å². The minimum absolute atomic E-state index is 0.290. The molecule has 6 aromatic carbocycles. The molecule has 0 heterocycles. The molecule has 0 amide bonds. The first-order valence-corrected chi connectivity index (χ1v) is 18.1. The SMILES string of the molecule is CCCCCCOC(=O)Oc1c2ccccc2c(-c2c3ccccc3c(OC(=O)OCCCCCC)c3ccc(Cl)cc23)c2cc(Cl)ccc12. The van der Waals surface area contributed by atoms with Crippen LogP contribution in [0.3, 0.4) is 0 Å². The van der Waals surface area contributed by atoms with E-state index in [2.05, 4.69) is 13.8 Å². The molecule has 6 rings (SSSR count). The number of hydrogen-bond acceptors (Lipinski definition) is 6. The van der Waals surface area contributed by atoms with Gasteiger partial charge in [-0.15, -0.1) is 0 Å². The summed E-state index contributed by atoms with van der Waals surface area (Å²) >= 11 is 13.4. The fourth-order valence-corrected chi connectivity index (χ4v) is 6.92. The Morgan fingerprint density at radius 3 is 1.26 bits per heavy atom. The van der Waals surface area contributed by atoms with Gasteiger partial charge in [0.2, 0.25) is 0 Å². The maximum atomic E-state index is 13.0. The Hall–Kier alpha value is -4.52. The molecule has 258 valence electrons. The Morgan fingerprint density at radius 2 is 0.860 bits per heavy atom. The zero-order valence-electron chi connectivity index (χ0n) is 28.4. The van der Waals surface area contributed by atoms with Crippen LogP contribution in [0.4, 0.5) is 9.59 Å². The van der Waals surface area contributed by atoms with Crippen LogP contribution in [0.15, 0.2) is 84.9 Å². The van der Waals surface area contributed by atoms with Gasteiger partial charge in [-0.1, -0.05) is 124 Å². The molecule has 0 N–H and O–H groups in total. The molecule has 0 fully saturated rings. The highest BCUT2D eigenvalue weighted by Crippen LogP contribution is 2.50. The first-order chi connectivity index (χ1) is 24.4. The number of benzene rings is 6. The van der Waals surface area contributed by atoms with E-state index in [4.69, 9.17) is 42.1 Å². The van der Waals surface area contributed by atoms with Crippen molar-refractivity contribution in [2.45, 2.75) is 65.2 Å². The topological polar surface area (TPSA) is 71.1 Å². The van der Waals surface area contributed by atoms with Gasteiger partial charge in [0.25, 0.3) is 0 Å². The van der Waals surface area contributed by atoms with Crippen LogP contribution >= 0.6 is 23.2 Å². The van der Waals surface area contributed by atoms with E-state index in [1.54, 1.807) is 12.1 Å². The number of carbonyl (C=O) groups excluding carboxylic acids is 2. The van der Waals surface area contributed by atoms with Gasteiger partial charge in [-0.2, -0.15) is 0 Å². The van der Waals surface area contributed by atoms with Crippen LogP contribution in [-0.4, -0.2) is 25.5 Å². The van der Waals surface area contributed by atoms with Gasteiger partial charge in [0.1, 0.15) is 11.5 Å². The van der Waals surface area contributed by atoms with Crippen LogP contribution in [-0.2, 0) is 9.47 Å². The van der Waals surface area contributed by atoms with Gasteiger partial charge in [0.05, 0.1) is 13.2 Å². The molecular weight excluding hydrogens is 671 g/mol. The Kier molecular flexibility index (Phi) is 11.6. The van der Waals surface area contributed by atoms with Crippen molar-refractivity contribution >= 4 is 78.6 Å². The van der Waals surface area contributed by atoms with Gasteiger partial charge < -0.3 is 18.9 Å². The molecular formula is C42H40Cl2O6. The summed E-state index contributed by atoms with van der Waals surface area (Å²) in [6, 6.07) is 26.6. The van der Waals surface area contributed by atoms with E-state index in [0.717, 1.165) is 94.8 Å². The maximum Gasteiger partial charge on any atom is 0.513 e. The van der Waals surface area contributed by atoms with Gasteiger partial charge in [-0.05, 0) is 81.9 Å². The normalized spacial score (nSPS) is 11.4. The Labute approximate surface area is 302 Å². The molecule has 0 saturated carbocycles. The molecule has 0 saturated heterocycles. The van der Waals surface area contributed by atoms with Crippen LogP contribution in [0.2, 0.25) is 10.0 Å². The number of halogens is 2. The van der Waals surface area contributed by atoms with Crippen molar-refractivity contribution < 1.29 is 28.5 Å². The molecule has 6 nitrogen and oxygen atoms in total. The van der Waals surface area contributed by atoms with Crippen LogP contribution in [0.25, 0.3) is 54.2 Å². The van der Waals surface area contributed by atoms with E-state index in [1.165, 1.54) is 0 Å². The van der Waals surface area contributed by atoms with Gasteiger partial charge in [-0.25, -0.2) is 9.59 Å². The molecule has 0 atom stereocenters. The lowest BCUT2D eigenvalue weighted by atomic mass is 9.85. The van der Waals surface area contributed by atoms with Gasteiger partial charge in [0.15, 0.2) is 0 Å². The summed E-state index contributed by atoms with van der Waals surface area (Å²) in [6.45, 7) is 4.85. The molecule has 0 unspecified atom stereocenters. The van der Waals surface area contributed by atoms with Crippen molar-refractivity contribution in [1.29, 1.82) is 0 Å². The standard InChI is InChI=1S/C42H40Cl2O6/c1-3-5-7-13-23-47-41(45)49-39-31-17-11-9-15-29(31)37(35-25-27(43)19-21-33(35)39)38-30-16-10-12-18-32(30)40(34-22-20-28(44)26-36(34)38)50-42(46)48-24-14-8-6-4-2/h9-12,15-22,25-26H,3-8,13-14,23-24H2,1-2H3. The molecule has 6 aromatic rings. The summed E-state index contributed by atoms with van der Waals surface area (Å²) in [5, 5.41) is 7.09. The average molecular weight is 712 g/mol. The van der Waals surface area contributed by atoms with Crippen molar-refractivity contribution in [1.82, 2.24) is 0 Å². The van der Waals surface area contributed by atoms with E-state index in [-0.39, 0.29) is 13.2 Å². The summed E-state index contributed by atoms with van der Waals surface area (Å²) in [6.07, 6.45) is 6.37. The Balaban J connectivity index is 1.54. The third-order valence-electron chi connectivity index (χ3n) is 8.93. The zero-order valence-corrected chi connectivity index (χ0v) is 29.9. The number of fused-ring (bicyclic) bond motifs is 4. The Bertz CT molecular complexity index is 2020. The second kappa shape index (κ2) is 16.5. The highest BCUT2D eigenvalue weighted by Gasteiger charge is 2.25. The van der Waals surface area contributed by atoms with Crippen molar-refractivity contribution in [2.75, 3.05) is 13.2 Å². The van der Waals surface area contributed by atoms with E-state index in [9.17, 15) is 9.59 Å². The van der Waals surface area contributed by atoms with Crippen molar-refractivity contribution in [3.63, 3.8) is 0 Å². The fraction of sp³-hybridized carbons (Fsp3) is 0.286.